The van der Waals surface area contributed by atoms with Gasteiger partial charge in [-0.15, -0.1) is 0 Å². The molecule has 102 valence electrons. The maximum atomic E-state index is 12.2. The topological polar surface area (TPSA) is 69.6 Å². The van der Waals surface area contributed by atoms with E-state index in [0.29, 0.717) is 18.4 Å². The van der Waals surface area contributed by atoms with E-state index in [1.54, 1.807) is 13.8 Å². The van der Waals surface area contributed by atoms with Gasteiger partial charge in [0.15, 0.2) is 0 Å². The second kappa shape index (κ2) is 4.78. The van der Waals surface area contributed by atoms with Gasteiger partial charge in [0.2, 0.25) is 0 Å². The molecule has 0 bridgehead atoms. The number of urea groups is 1. The fourth-order valence-electron chi connectivity index (χ4n) is 1.96. The Morgan fingerprint density at radius 2 is 1.94 bits per heavy atom. The number of nitrogens with zero attached hydrogens (tertiary/aromatic N) is 1. The number of hydrogen-bond donors (Lipinski definition) is 2. The third kappa shape index (κ3) is 2.94. The smallest absolute Gasteiger partial charge is 0.329 e. The van der Waals surface area contributed by atoms with Crippen LogP contribution in [-0.2, 0) is 4.79 Å². The van der Waals surface area contributed by atoms with Crippen LogP contribution in [0.5, 0.6) is 0 Å². The molecular weight excluding hydrogens is 232 g/mol. The van der Waals surface area contributed by atoms with Crippen molar-refractivity contribution in [3.63, 3.8) is 0 Å². The molecule has 2 amide bonds. The van der Waals surface area contributed by atoms with Crippen LogP contribution in [0, 0.1) is 5.92 Å². The van der Waals surface area contributed by atoms with Crippen molar-refractivity contribution in [1.82, 2.24) is 10.2 Å². The van der Waals surface area contributed by atoms with Gasteiger partial charge in [-0.05, 0) is 44.9 Å². The zero-order chi connectivity index (χ0) is 13.3. The van der Waals surface area contributed by atoms with Crippen LogP contribution in [0.1, 0.15) is 46.0 Å². The van der Waals surface area contributed by atoms with Crippen molar-refractivity contribution in [3.8, 4) is 0 Å². The first kappa shape index (κ1) is 13.2. The molecule has 5 nitrogen and oxygen atoms in total. The Morgan fingerprint density at radius 1 is 1.33 bits per heavy atom. The molecule has 18 heavy (non-hydrogen) atoms. The molecule has 1 atom stereocenters. The Balaban J connectivity index is 1.97. The van der Waals surface area contributed by atoms with E-state index in [1.165, 1.54) is 12.8 Å². The summed E-state index contributed by atoms with van der Waals surface area (Å²) in [5, 5.41) is 11.9. The molecule has 2 rings (SSSR count). The summed E-state index contributed by atoms with van der Waals surface area (Å²) < 4.78 is 0. The number of amides is 2. The highest BCUT2D eigenvalue weighted by atomic mass is 16.4. The minimum absolute atomic E-state index is 0.212. The maximum absolute atomic E-state index is 12.2. The summed E-state index contributed by atoms with van der Waals surface area (Å²) in [5.41, 5.74) is -1.16. The molecule has 0 aromatic rings. The molecule has 0 aliphatic heterocycles. The van der Waals surface area contributed by atoms with Crippen molar-refractivity contribution < 1.29 is 14.7 Å². The lowest BCUT2D eigenvalue weighted by atomic mass is 10.00. The minimum atomic E-state index is -1.16. The summed E-state index contributed by atoms with van der Waals surface area (Å²) in [6.07, 6.45) is 4.88. The van der Waals surface area contributed by atoms with Crippen LogP contribution in [0.4, 0.5) is 4.79 Å². The van der Waals surface area contributed by atoms with E-state index in [-0.39, 0.29) is 6.03 Å². The van der Waals surface area contributed by atoms with Crippen LogP contribution >= 0.6 is 0 Å². The SMILES string of the molecule is CCC(C)(NC(=O)N(CC1CC1)C1CC1)C(=O)O. The van der Waals surface area contributed by atoms with Gasteiger partial charge >= 0.3 is 12.0 Å². The summed E-state index contributed by atoms with van der Waals surface area (Å²) in [5.74, 6) is -0.338. The minimum Gasteiger partial charge on any atom is -0.480 e. The molecule has 0 aromatic heterocycles. The summed E-state index contributed by atoms with van der Waals surface area (Å²) in [7, 11) is 0. The van der Waals surface area contributed by atoms with E-state index in [1.807, 2.05) is 4.90 Å². The van der Waals surface area contributed by atoms with Gasteiger partial charge in [-0.25, -0.2) is 9.59 Å². The first-order valence-electron chi connectivity index (χ1n) is 6.78. The van der Waals surface area contributed by atoms with Crippen molar-refractivity contribution in [3.05, 3.63) is 0 Å². The fourth-order valence-corrected chi connectivity index (χ4v) is 1.96. The van der Waals surface area contributed by atoms with Crippen LogP contribution in [0.2, 0.25) is 0 Å². The second-order valence-corrected chi connectivity index (χ2v) is 5.75. The summed E-state index contributed by atoms with van der Waals surface area (Å²) in [4.78, 5) is 25.3. The number of carbonyl (C=O) groups excluding carboxylic acids is 1. The fraction of sp³-hybridized carbons (Fsp3) is 0.846. The van der Waals surface area contributed by atoms with Crippen LogP contribution in [-0.4, -0.2) is 40.1 Å². The highest BCUT2D eigenvalue weighted by Gasteiger charge is 2.40. The standard InChI is InChI=1S/C13H22N2O3/c1-3-13(2,11(16)17)14-12(18)15(10-6-7-10)8-9-4-5-9/h9-10H,3-8H2,1-2H3,(H,14,18)(H,16,17). The quantitative estimate of drug-likeness (QED) is 0.759. The lowest BCUT2D eigenvalue weighted by Gasteiger charge is -2.30. The maximum Gasteiger partial charge on any atom is 0.329 e. The first-order valence-corrected chi connectivity index (χ1v) is 6.78. The summed E-state index contributed by atoms with van der Waals surface area (Å²) in [6, 6.07) is 0.122. The van der Waals surface area contributed by atoms with Crippen LogP contribution in [0.25, 0.3) is 0 Å². The van der Waals surface area contributed by atoms with Gasteiger partial charge in [0.05, 0.1) is 0 Å². The van der Waals surface area contributed by atoms with Gasteiger partial charge in [-0.3, -0.25) is 0 Å². The van der Waals surface area contributed by atoms with Crippen molar-refractivity contribution in [2.75, 3.05) is 6.54 Å². The molecule has 5 heteroatoms. The van der Waals surface area contributed by atoms with Gasteiger partial charge in [0, 0.05) is 12.6 Å². The number of carboxylic acids is 1. The van der Waals surface area contributed by atoms with Crippen LogP contribution < -0.4 is 5.32 Å². The van der Waals surface area contributed by atoms with E-state index >= 15 is 0 Å². The molecule has 2 N–H and O–H groups in total. The Morgan fingerprint density at radius 3 is 2.33 bits per heavy atom. The average molecular weight is 254 g/mol. The van der Waals surface area contributed by atoms with Crippen molar-refractivity contribution in [2.24, 2.45) is 5.92 Å². The number of rotatable bonds is 6. The van der Waals surface area contributed by atoms with Gasteiger partial charge in [-0.2, -0.15) is 0 Å². The lowest BCUT2D eigenvalue weighted by Crippen LogP contribution is -2.56. The second-order valence-electron chi connectivity index (χ2n) is 5.75. The molecule has 1 unspecified atom stereocenters. The third-order valence-electron chi connectivity index (χ3n) is 3.96. The average Bonchev–Trinajstić information content (AvgIpc) is 3.15. The molecule has 0 saturated heterocycles. The largest absolute Gasteiger partial charge is 0.480 e. The highest BCUT2D eigenvalue weighted by Crippen LogP contribution is 2.35. The Labute approximate surface area is 108 Å². The molecule has 0 spiro atoms. The van der Waals surface area contributed by atoms with E-state index in [9.17, 15) is 14.7 Å². The van der Waals surface area contributed by atoms with Gasteiger partial charge in [0.25, 0.3) is 0 Å². The molecule has 2 aliphatic carbocycles. The monoisotopic (exact) mass is 254 g/mol. The van der Waals surface area contributed by atoms with Crippen LogP contribution in [0.3, 0.4) is 0 Å². The summed E-state index contributed by atoms with van der Waals surface area (Å²) in [6.45, 7) is 4.13. The zero-order valence-electron chi connectivity index (χ0n) is 11.1. The number of nitrogens with one attached hydrogen (secondary N) is 1. The normalized spacial score (nSPS) is 22.1. The molecule has 0 heterocycles. The first-order chi connectivity index (χ1) is 8.46. The van der Waals surface area contributed by atoms with Crippen molar-refractivity contribution in [2.45, 2.75) is 57.5 Å². The summed E-state index contributed by atoms with van der Waals surface area (Å²) >= 11 is 0. The molecule has 2 fully saturated rings. The van der Waals surface area contributed by atoms with Crippen LogP contribution in [0.15, 0.2) is 0 Å². The number of aliphatic carboxylic acids is 1. The van der Waals surface area contributed by atoms with E-state index < -0.39 is 11.5 Å². The van der Waals surface area contributed by atoms with Gasteiger partial charge in [-0.1, -0.05) is 6.92 Å². The highest BCUT2D eigenvalue weighted by molar-refractivity contribution is 5.86. The third-order valence-corrected chi connectivity index (χ3v) is 3.96. The zero-order valence-corrected chi connectivity index (χ0v) is 11.1. The molecule has 0 radical (unpaired) electrons. The molecular formula is C13H22N2O3. The predicted octanol–water partition coefficient (Wildman–Crippen LogP) is 1.82. The van der Waals surface area contributed by atoms with E-state index in [2.05, 4.69) is 5.32 Å². The Kier molecular flexibility index (Phi) is 3.50. The molecule has 2 saturated carbocycles. The number of hydrogen-bond acceptors (Lipinski definition) is 2. The Hall–Kier alpha value is -1.26. The van der Waals surface area contributed by atoms with Gasteiger partial charge in [0.1, 0.15) is 5.54 Å². The van der Waals surface area contributed by atoms with Crippen molar-refractivity contribution in [1.29, 1.82) is 0 Å². The van der Waals surface area contributed by atoms with Gasteiger partial charge < -0.3 is 15.3 Å². The van der Waals surface area contributed by atoms with E-state index in [0.717, 1.165) is 19.4 Å². The van der Waals surface area contributed by atoms with Crippen molar-refractivity contribution >= 4 is 12.0 Å². The van der Waals surface area contributed by atoms with E-state index in [4.69, 9.17) is 0 Å². The lowest BCUT2D eigenvalue weighted by molar-refractivity contribution is -0.143. The Bertz CT molecular complexity index is 350. The number of carboxylic acid groups (broad SMARTS) is 1. The molecule has 2 aliphatic rings. The predicted molar refractivity (Wildman–Crippen MR) is 67.3 cm³/mol. The molecule has 0 aromatic carbocycles. The number of carbonyl (C=O) groups is 2.